The van der Waals surface area contributed by atoms with Gasteiger partial charge in [0.1, 0.15) is 5.60 Å². The molecule has 1 aliphatic rings. The molecule has 2 rings (SSSR count). The van der Waals surface area contributed by atoms with Crippen LogP contribution in [0, 0.1) is 0 Å². The Morgan fingerprint density at radius 3 is 2.67 bits per heavy atom. The summed E-state index contributed by atoms with van der Waals surface area (Å²) in [4.78, 5) is 0. The van der Waals surface area contributed by atoms with Crippen molar-refractivity contribution in [1.82, 2.24) is 0 Å². The number of hydrogen-bond acceptors (Lipinski definition) is 2. The molecule has 1 unspecified atom stereocenters. The molecular formula is C18H25BrO2. The van der Waals surface area contributed by atoms with Gasteiger partial charge in [-0.2, -0.15) is 0 Å². The van der Waals surface area contributed by atoms with E-state index in [0.29, 0.717) is 6.61 Å². The van der Waals surface area contributed by atoms with Gasteiger partial charge in [0.25, 0.3) is 0 Å². The highest BCUT2D eigenvalue weighted by atomic mass is 79.9. The van der Waals surface area contributed by atoms with E-state index in [4.69, 9.17) is 9.47 Å². The van der Waals surface area contributed by atoms with Gasteiger partial charge in [0.15, 0.2) is 0 Å². The average Bonchev–Trinajstić information content (AvgIpc) is 2.61. The molecule has 1 heterocycles. The van der Waals surface area contributed by atoms with Gasteiger partial charge in [-0.05, 0) is 56.0 Å². The van der Waals surface area contributed by atoms with Crippen molar-refractivity contribution in [2.24, 2.45) is 0 Å². The molecule has 116 valence electrons. The van der Waals surface area contributed by atoms with E-state index in [1.54, 1.807) is 7.11 Å². The first-order chi connectivity index (χ1) is 9.79. The molecule has 1 aromatic rings. The minimum Gasteiger partial charge on any atom is -0.381 e. The first-order valence-electron chi connectivity index (χ1n) is 7.48. The highest BCUT2D eigenvalue weighted by Gasteiger charge is 2.44. The summed E-state index contributed by atoms with van der Waals surface area (Å²) in [6, 6.07) is 6.47. The van der Waals surface area contributed by atoms with Crippen molar-refractivity contribution < 1.29 is 9.47 Å². The van der Waals surface area contributed by atoms with E-state index in [1.165, 1.54) is 16.7 Å². The molecule has 0 aromatic heterocycles. The zero-order valence-electron chi connectivity index (χ0n) is 13.6. The van der Waals surface area contributed by atoms with Crippen molar-refractivity contribution in [3.05, 3.63) is 39.4 Å². The van der Waals surface area contributed by atoms with E-state index >= 15 is 0 Å². The van der Waals surface area contributed by atoms with Crippen molar-refractivity contribution in [2.75, 3.05) is 13.7 Å². The summed E-state index contributed by atoms with van der Waals surface area (Å²) < 4.78 is 12.8. The number of methoxy groups -OCH3 is 1. The molecule has 1 aromatic carbocycles. The van der Waals surface area contributed by atoms with Crippen molar-refractivity contribution in [3.63, 3.8) is 0 Å². The lowest BCUT2D eigenvalue weighted by Gasteiger charge is -2.27. The lowest BCUT2D eigenvalue weighted by atomic mass is 9.90. The molecular weight excluding hydrogens is 328 g/mol. The van der Waals surface area contributed by atoms with Crippen LogP contribution in [0.15, 0.2) is 28.2 Å². The van der Waals surface area contributed by atoms with Crippen LogP contribution >= 0.6 is 15.9 Å². The first kappa shape index (κ1) is 16.7. The van der Waals surface area contributed by atoms with Crippen molar-refractivity contribution in [2.45, 2.75) is 51.7 Å². The monoisotopic (exact) mass is 352 g/mol. The van der Waals surface area contributed by atoms with Crippen molar-refractivity contribution in [1.29, 1.82) is 0 Å². The summed E-state index contributed by atoms with van der Waals surface area (Å²) in [5.41, 5.74) is 3.46. The third kappa shape index (κ3) is 3.77. The third-order valence-electron chi connectivity index (χ3n) is 4.03. The molecule has 0 saturated carbocycles. The Morgan fingerprint density at radius 1 is 1.33 bits per heavy atom. The molecule has 0 radical (unpaired) electrons. The second-order valence-electron chi connectivity index (χ2n) is 6.57. The molecule has 0 N–H and O–H groups in total. The van der Waals surface area contributed by atoms with Gasteiger partial charge in [0.05, 0.1) is 12.2 Å². The Bertz CT molecular complexity index is 548. The van der Waals surface area contributed by atoms with Gasteiger partial charge in [0.2, 0.25) is 0 Å². The fourth-order valence-corrected chi connectivity index (χ4v) is 3.58. The Kier molecular flexibility index (Phi) is 4.96. The Morgan fingerprint density at radius 2 is 2.05 bits per heavy atom. The number of benzene rings is 1. The van der Waals surface area contributed by atoms with E-state index < -0.39 is 0 Å². The maximum atomic E-state index is 6.26. The fraction of sp³-hybridized carbons (Fsp3) is 0.556. The molecule has 2 nitrogen and oxygen atoms in total. The smallest absolute Gasteiger partial charge is 0.111 e. The fourth-order valence-electron chi connectivity index (χ4n) is 3.17. The molecule has 21 heavy (non-hydrogen) atoms. The maximum absolute atomic E-state index is 6.26. The van der Waals surface area contributed by atoms with Crippen LogP contribution < -0.4 is 0 Å². The van der Waals surface area contributed by atoms with Crippen LogP contribution in [0.5, 0.6) is 0 Å². The second-order valence-corrected chi connectivity index (χ2v) is 7.48. The largest absolute Gasteiger partial charge is 0.381 e. The van der Waals surface area contributed by atoms with Crippen LogP contribution in [0.4, 0.5) is 0 Å². The molecule has 0 amide bonds. The number of rotatable bonds is 4. The lowest BCUT2D eigenvalue weighted by molar-refractivity contribution is -0.0958. The van der Waals surface area contributed by atoms with Gasteiger partial charge in [-0.25, -0.2) is 0 Å². The van der Waals surface area contributed by atoms with E-state index in [-0.39, 0.29) is 11.2 Å². The molecule has 0 spiro atoms. The minimum absolute atomic E-state index is 0.138. The molecule has 3 heteroatoms. The van der Waals surface area contributed by atoms with Gasteiger partial charge in [-0.1, -0.05) is 35.0 Å². The zero-order chi connectivity index (χ0) is 15.7. The maximum Gasteiger partial charge on any atom is 0.111 e. The van der Waals surface area contributed by atoms with Crippen LogP contribution in [-0.4, -0.2) is 24.9 Å². The summed E-state index contributed by atoms with van der Waals surface area (Å²) in [6.45, 7) is 9.18. The zero-order valence-corrected chi connectivity index (χ0v) is 15.2. The topological polar surface area (TPSA) is 18.5 Å². The Labute approximate surface area is 136 Å². The molecule has 1 saturated heterocycles. The molecule has 0 bridgehead atoms. The predicted molar refractivity (Wildman–Crippen MR) is 91.6 cm³/mol. The standard InChI is InChI=1S/C18H25BrO2/c1-6-13-10-16(19)8-7-14(13)9-15-11-17(2,3)21-18(15,4)12-20-5/h7-10H,6,11-12H2,1-5H3. The summed E-state index contributed by atoms with van der Waals surface area (Å²) >= 11 is 3.55. The van der Waals surface area contributed by atoms with E-state index in [1.807, 2.05) is 0 Å². The number of ether oxygens (including phenoxy) is 2. The Hall–Kier alpha value is -0.640. The van der Waals surface area contributed by atoms with Crippen LogP contribution in [0.3, 0.4) is 0 Å². The molecule has 0 aliphatic carbocycles. The highest BCUT2D eigenvalue weighted by molar-refractivity contribution is 9.10. The summed E-state index contributed by atoms with van der Waals surface area (Å²) in [5, 5.41) is 0. The number of aryl methyl sites for hydroxylation is 1. The van der Waals surface area contributed by atoms with E-state index in [9.17, 15) is 0 Å². The SMILES string of the molecule is CCc1cc(Br)ccc1C=C1CC(C)(C)OC1(C)COC. The predicted octanol–water partition coefficient (Wildman–Crippen LogP) is 5.00. The number of hydrogen-bond donors (Lipinski definition) is 0. The highest BCUT2D eigenvalue weighted by Crippen LogP contribution is 2.43. The third-order valence-corrected chi connectivity index (χ3v) is 4.53. The lowest BCUT2D eigenvalue weighted by Crippen LogP contribution is -2.34. The van der Waals surface area contributed by atoms with Crippen molar-refractivity contribution >= 4 is 22.0 Å². The first-order valence-corrected chi connectivity index (χ1v) is 8.27. The summed E-state index contributed by atoms with van der Waals surface area (Å²) in [5.74, 6) is 0. The molecule has 1 aliphatic heterocycles. The molecule has 1 atom stereocenters. The van der Waals surface area contributed by atoms with Gasteiger partial charge < -0.3 is 9.47 Å². The van der Waals surface area contributed by atoms with Crippen LogP contribution in [-0.2, 0) is 15.9 Å². The summed E-state index contributed by atoms with van der Waals surface area (Å²) in [7, 11) is 1.73. The van der Waals surface area contributed by atoms with Gasteiger partial charge >= 0.3 is 0 Å². The van der Waals surface area contributed by atoms with Crippen molar-refractivity contribution in [3.8, 4) is 0 Å². The average molecular weight is 353 g/mol. The minimum atomic E-state index is -0.337. The number of halogens is 1. The van der Waals surface area contributed by atoms with Gasteiger partial charge in [0, 0.05) is 18.0 Å². The van der Waals surface area contributed by atoms with Crippen LogP contribution in [0.2, 0.25) is 0 Å². The quantitative estimate of drug-likeness (QED) is 0.758. The van der Waals surface area contributed by atoms with E-state index in [0.717, 1.165) is 17.3 Å². The van der Waals surface area contributed by atoms with E-state index in [2.05, 4.69) is 67.9 Å². The summed E-state index contributed by atoms with van der Waals surface area (Å²) in [6.07, 6.45) is 4.24. The van der Waals surface area contributed by atoms with Gasteiger partial charge in [-0.3, -0.25) is 0 Å². The normalized spacial score (nSPS) is 26.5. The van der Waals surface area contributed by atoms with Gasteiger partial charge in [-0.15, -0.1) is 0 Å². The van der Waals surface area contributed by atoms with Crippen LogP contribution in [0.1, 0.15) is 45.2 Å². The Balaban J connectivity index is 2.43. The van der Waals surface area contributed by atoms with Crippen LogP contribution in [0.25, 0.3) is 6.08 Å². The second kappa shape index (κ2) is 6.23. The molecule has 1 fully saturated rings.